The number of hydrogen-bond acceptors (Lipinski definition) is 0. The fraction of sp³-hybridized carbons (Fsp3) is 0.783. The monoisotopic (exact) mass is 545 g/mol. The molecule has 0 aliphatic rings. The van der Waals surface area contributed by atoms with Crippen LogP contribution in [0.25, 0.3) is 16.0 Å². The van der Waals surface area contributed by atoms with E-state index < -0.39 is 0 Å². The van der Waals surface area contributed by atoms with Gasteiger partial charge in [0.25, 0.3) is 0 Å². The first-order valence-corrected chi connectivity index (χ1v) is 10.5. The summed E-state index contributed by atoms with van der Waals surface area (Å²) in [4.78, 5) is 0. The van der Waals surface area contributed by atoms with E-state index in [1.54, 1.807) is 37.8 Å². The Kier molecular flexibility index (Phi) is 39.5. The van der Waals surface area contributed by atoms with Gasteiger partial charge in [-0.25, -0.2) is 6.07 Å². The minimum Gasteiger partial charge on any atom is -0.665 e. The van der Waals surface area contributed by atoms with Gasteiger partial charge in [0.2, 0.25) is 0 Å². The molecule has 0 aromatic heterocycles. The summed E-state index contributed by atoms with van der Waals surface area (Å²) in [7, 11) is 5.42. The largest absolute Gasteiger partial charge is 4.00 e. The SMILES string of the molecule is CCCc1cc(CCC)[c-](CCC)c1.CC[N-]C.CC[N-]C.CC[N-]C.[Hf+4]. The molecule has 0 fully saturated rings. The molecule has 3 nitrogen and oxygen atoms in total. The second-order valence-corrected chi connectivity index (χ2v) is 6.06. The average Bonchev–Trinajstić information content (AvgIpc) is 3.04. The molecule has 0 atom stereocenters. The van der Waals surface area contributed by atoms with Crippen molar-refractivity contribution < 1.29 is 25.8 Å². The Hall–Kier alpha value is 0.100. The molecule has 1 aromatic rings. The predicted octanol–water partition coefficient (Wildman–Crippen LogP) is 7.29. The molecule has 1 rings (SSSR count). The second-order valence-electron chi connectivity index (χ2n) is 6.06. The molecule has 0 spiro atoms. The number of hydrogen-bond donors (Lipinski definition) is 0. The van der Waals surface area contributed by atoms with Crippen molar-refractivity contribution in [2.24, 2.45) is 0 Å². The Morgan fingerprint density at radius 2 is 1.11 bits per heavy atom. The van der Waals surface area contributed by atoms with Gasteiger partial charge < -0.3 is 16.0 Å². The van der Waals surface area contributed by atoms with Gasteiger partial charge in [-0.1, -0.05) is 80.1 Å². The molecule has 0 unspecified atom stereocenters. The number of nitrogens with zero attached hydrogens (tertiary/aromatic N) is 3. The van der Waals surface area contributed by atoms with E-state index in [0.717, 1.165) is 19.6 Å². The zero-order chi connectivity index (χ0) is 20.6. The Morgan fingerprint density at radius 1 is 0.704 bits per heavy atom. The van der Waals surface area contributed by atoms with Crippen molar-refractivity contribution in [3.05, 3.63) is 44.8 Å². The molecule has 0 bridgehead atoms. The van der Waals surface area contributed by atoms with E-state index in [0.29, 0.717) is 0 Å². The molecule has 0 saturated carbocycles. The fourth-order valence-corrected chi connectivity index (χ4v) is 2.11. The maximum Gasteiger partial charge on any atom is 4.00 e. The molecular weight excluding hydrogens is 497 g/mol. The zero-order valence-electron chi connectivity index (χ0n) is 19.9. The van der Waals surface area contributed by atoms with Crippen LogP contribution in [-0.2, 0) is 45.1 Å². The van der Waals surface area contributed by atoms with Gasteiger partial charge in [0.05, 0.1) is 0 Å². The molecule has 1 aromatic carbocycles. The van der Waals surface area contributed by atoms with Crippen LogP contribution in [0.4, 0.5) is 0 Å². The van der Waals surface area contributed by atoms with E-state index >= 15 is 0 Å². The molecule has 0 heterocycles. The molecule has 158 valence electrons. The van der Waals surface area contributed by atoms with Crippen molar-refractivity contribution >= 4 is 0 Å². The van der Waals surface area contributed by atoms with E-state index in [-0.39, 0.29) is 25.8 Å². The van der Waals surface area contributed by atoms with Crippen LogP contribution in [-0.4, -0.2) is 40.8 Å². The van der Waals surface area contributed by atoms with Crippen LogP contribution in [0.3, 0.4) is 0 Å². The summed E-state index contributed by atoms with van der Waals surface area (Å²) < 4.78 is 0. The van der Waals surface area contributed by atoms with Crippen LogP contribution in [0.5, 0.6) is 0 Å². The quantitative estimate of drug-likeness (QED) is 0.232. The molecule has 0 saturated heterocycles. The van der Waals surface area contributed by atoms with Crippen LogP contribution >= 0.6 is 0 Å². The smallest absolute Gasteiger partial charge is 0.665 e. The zero-order valence-corrected chi connectivity index (χ0v) is 23.5. The Morgan fingerprint density at radius 3 is 1.41 bits per heavy atom. The topological polar surface area (TPSA) is 42.3 Å². The average molecular weight is 544 g/mol. The van der Waals surface area contributed by atoms with Crippen molar-refractivity contribution in [2.45, 2.75) is 80.1 Å². The summed E-state index contributed by atoms with van der Waals surface area (Å²) >= 11 is 0. The van der Waals surface area contributed by atoms with Crippen molar-refractivity contribution in [3.8, 4) is 0 Å². The van der Waals surface area contributed by atoms with Crippen molar-refractivity contribution in [2.75, 3.05) is 40.8 Å². The van der Waals surface area contributed by atoms with Gasteiger partial charge in [0.15, 0.2) is 0 Å². The predicted molar refractivity (Wildman–Crippen MR) is 123 cm³/mol. The van der Waals surface area contributed by atoms with Crippen molar-refractivity contribution in [1.29, 1.82) is 0 Å². The van der Waals surface area contributed by atoms with E-state index in [9.17, 15) is 0 Å². The molecular formula is C23H47HfN3. The first-order valence-electron chi connectivity index (χ1n) is 10.5. The summed E-state index contributed by atoms with van der Waals surface area (Å²) in [6, 6.07) is 4.86. The van der Waals surface area contributed by atoms with Gasteiger partial charge in [-0.3, -0.25) is 0 Å². The van der Waals surface area contributed by atoms with E-state index in [4.69, 9.17) is 0 Å². The van der Waals surface area contributed by atoms with Gasteiger partial charge in [0.1, 0.15) is 0 Å². The molecule has 27 heavy (non-hydrogen) atoms. The third-order valence-electron chi connectivity index (χ3n) is 3.66. The van der Waals surface area contributed by atoms with Crippen LogP contribution in [0.2, 0.25) is 0 Å². The molecule has 4 heteroatoms. The summed E-state index contributed by atoms with van der Waals surface area (Å²) in [6.45, 7) is 15.7. The Balaban J connectivity index is -0.000000169. The van der Waals surface area contributed by atoms with Gasteiger partial charge >= 0.3 is 25.8 Å². The molecule has 0 aliphatic heterocycles. The first kappa shape index (κ1) is 34.6. The van der Waals surface area contributed by atoms with Crippen molar-refractivity contribution in [1.82, 2.24) is 0 Å². The summed E-state index contributed by atoms with van der Waals surface area (Å²) in [6.07, 6.45) is 7.58. The fourth-order valence-electron chi connectivity index (χ4n) is 2.11. The molecule has 0 radical (unpaired) electrons. The third-order valence-corrected chi connectivity index (χ3v) is 3.66. The number of aryl methyl sites for hydroxylation is 3. The van der Waals surface area contributed by atoms with Gasteiger partial charge in [-0.15, -0.1) is 0 Å². The summed E-state index contributed by atoms with van der Waals surface area (Å²) in [5.41, 5.74) is 4.77. The van der Waals surface area contributed by atoms with Gasteiger partial charge in [-0.05, 0) is 0 Å². The minimum absolute atomic E-state index is 0. The normalized spacial score (nSPS) is 8.93. The van der Waals surface area contributed by atoms with Crippen molar-refractivity contribution in [3.63, 3.8) is 0 Å². The first-order chi connectivity index (χ1) is 12.6. The summed E-state index contributed by atoms with van der Waals surface area (Å²) in [5.74, 6) is 0. The van der Waals surface area contributed by atoms with Gasteiger partial charge in [0, 0.05) is 0 Å². The maximum absolute atomic E-state index is 3.74. The van der Waals surface area contributed by atoms with Crippen LogP contribution < -0.4 is 0 Å². The molecule has 0 aliphatic carbocycles. The minimum atomic E-state index is 0. The molecule has 0 N–H and O–H groups in total. The van der Waals surface area contributed by atoms with Gasteiger partial charge in [-0.2, -0.15) is 63.5 Å². The second kappa shape index (κ2) is 30.8. The van der Waals surface area contributed by atoms with Crippen LogP contribution in [0.1, 0.15) is 77.5 Å². The van der Waals surface area contributed by atoms with Crippen LogP contribution in [0.15, 0.2) is 12.1 Å². The Bertz CT molecular complexity index is 312. The van der Waals surface area contributed by atoms with E-state index in [1.807, 2.05) is 20.8 Å². The summed E-state index contributed by atoms with van der Waals surface area (Å²) in [5, 5.41) is 11.2. The molecule has 0 amide bonds. The Labute approximate surface area is 191 Å². The number of rotatable bonds is 9. The maximum atomic E-state index is 3.74. The van der Waals surface area contributed by atoms with E-state index in [2.05, 4.69) is 48.9 Å². The van der Waals surface area contributed by atoms with E-state index in [1.165, 1.54) is 38.5 Å². The third kappa shape index (κ3) is 26.1. The standard InChI is InChI=1S/C14H23.3C3H8N.Hf/c1-4-7-12-10-13(8-5-2)14(11-12)9-6-3;3*1-3-4-2;/h10-11H,4-9H2,1-3H3;3*3H2,1-2H3;/q4*-1;+4. The van der Waals surface area contributed by atoms with Crippen LogP contribution in [0, 0.1) is 0 Å².